The minimum atomic E-state index is -2.80. The Balaban J connectivity index is 1.52. The van der Waals surface area contributed by atoms with Gasteiger partial charge in [0.2, 0.25) is 0 Å². The van der Waals surface area contributed by atoms with Crippen LogP contribution in [0.5, 0.6) is 0 Å². The number of halogens is 1. The van der Waals surface area contributed by atoms with Gasteiger partial charge < -0.3 is 19.6 Å². The highest BCUT2D eigenvalue weighted by molar-refractivity contribution is 9.09. The molecule has 5 rings (SSSR count). The molecular weight excluding hydrogens is 578 g/mol. The minimum Gasteiger partial charge on any atom is -0.456 e. The van der Waals surface area contributed by atoms with Crippen molar-refractivity contribution in [2.75, 3.05) is 12.3 Å². The molecule has 0 amide bonds. The lowest BCUT2D eigenvalue weighted by atomic mass is 10.2. The van der Waals surface area contributed by atoms with Crippen molar-refractivity contribution in [3.05, 3.63) is 73.3 Å². The summed E-state index contributed by atoms with van der Waals surface area (Å²) in [5.41, 5.74) is 6.96. The summed E-state index contributed by atoms with van der Waals surface area (Å²) in [6.45, 7) is 8.35. The molecule has 4 atom stereocenters. The molecule has 2 aromatic heterocycles. The molecule has 1 aliphatic heterocycles. The van der Waals surface area contributed by atoms with E-state index in [-0.39, 0.29) is 22.3 Å². The monoisotopic (exact) mass is 609 g/mol. The van der Waals surface area contributed by atoms with Crippen LogP contribution < -0.4 is 16.1 Å². The van der Waals surface area contributed by atoms with Crippen molar-refractivity contribution in [3.63, 3.8) is 0 Å². The zero-order valence-corrected chi connectivity index (χ0v) is 24.9. The van der Waals surface area contributed by atoms with E-state index >= 15 is 0 Å². The molecule has 11 heteroatoms. The third kappa shape index (κ3) is 4.99. The van der Waals surface area contributed by atoms with Crippen LogP contribution in [-0.2, 0) is 18.7 Å². The van der Waals surface area contributed by atoms with Gasteiger partial charge in [-0.25, -0.2) is 15.0 Å². The average Bonchev–Trinajstić information content (AvgIpc) is 3.47. The van der Waals surface area contributed by atoms with E-state index in [1.807, 2.05) is 12.1 Å². The van der Waals surface area contributed by atoms with E-state index in [1.54, 1.807) is 10.9 Å². The van der Waals surface area contributed by atoms with Crippen LogP contribution in [0.4, 0.5) is 5.82 Å². The van der Waals surface area contributed by atoms with Crippen molar-refractivity contribution in [1.29, 1.82) is 0 Å². The van der Waals surface area contributed by atoms with Crippen LogP contribution >= 0.6 is 15.9 Å². The zero-order chi connectivity index (χ0) is 27.8. The van der Waals surface area contributed by atoms with Gasteiger partial charge in [0.1, 0.15) is 11.8 Å². The molecule has 2 N–H and O–H groups in total. The van der Waals surface area contributed by atoms with Gasteiger partial charge in [0.15, 0.2) is 23.8 Å². The molecule has 0 saturated carbocycles. The summed E-state index contributed by atoms with van der Waals surface area (Å²) in [5.74, 6) is -0.145. The number of aromatic nitrogens is 4. The predicted octanol–water partition coefficient (Wildman–Crippen LogP) is 3.58. The average molecular weight is 611 g/mol. The van der Waals surface area contributed by atoms with E-state index in [9.17, 15) is 4.79 Å². The largest absolute Gasteiger partial charge is 0.456 e. The number of anilines is 1. The Morgan fingerprint density at radius 3 is 2.23 bits per heavy atom. The maximum Gasteiger partial charge on any atom is 0.303 e. The highest BCUT2D eigenvalue weighted by Crippen LogP contribution is 2.41. The maximum absolute atomic E-state index is 12.1. The molecule has 1 fully saturated rings. The van der Waals surface area contributed by atoms with Gasteiger partial charge in [0, 0.05) is 6.92 Å². The number of nitrogens with zero attached hydrogens (tertiary/aromatic N) is 4. The topological polar surface area (TPSA) is 114 Å². The smallest absolute Gasteiger partial charge is 0.303 e. The number of fused-ring (bicyclic) bond motifs is 1. The molecule has 4 aromatic rings. The van der Waals surface area contributed by atoms with E-state index < -0.39 is 32.7 Å². The molecule has 2 aromatic carbocycles. The first kappa shape index (κ1) is 27.4. The van der Waals surface area contributed by atoms with Crippen molar-refractivity contribution < 1.29 is 18.7 Å². The summed E-state index contributed by atoms with van der Waals surface area (Å²) < 4.78 is 21.2. The molecule has 39 heavy (non-hydrogen) atoms. The number of esters is 1. The summed E-state index contributed by atoms with van der Waals surface area (Å²) in [5, 5.41) is 2.15. The second-order valence-corrected chi connectivity index (χ2v) is 16.0. The van der Waals surface area contributed by atoms with Gasteiger partial charge in [0.05, 0.1) is 23.9 Å². The number of nitrogens with two attached hydrogens (primary N) is 1. The third-order valence-corrected chi connectivity index (χ3v) is 13.2. The summed E-state index contributed by atoms with van der Waals surface area (Å²) in [6.07, 6.45) is 1.19. The molecule has 0 spiro atoms. The normalized spacial score (nSPS) is 21.8. The quantitative estimate of drug-likeness (QED) is 0.192. The van der Waals surface area contributed by atoms with Crippen LogP contribution in [0.3, 0.4) is 0 Å². The van der Waals surface area contributed by atoms with E-state index in [2.05, 4.69) is 100 Å². The molecule has 0 unspecified atom stereocenters. The highest BCUT2D eigenvalue weighted by Gasteiger charge is 2.53. The van der Waals surface area contributed by atoms with Crippen molar-refractivity contribution in [3.8, 4) is 0 Å². The summed E-state index contributed by atoms with van der Waals surface area (Å²) in [7, 11) is -2.80. The summed E-state index contributed by atoms with van der Waals surface area (Å²) in [6, 6.07) is 20.9. The first-order valence-corrected chi connectivity index (χ1v) is 15.6. The Labute approximate surface area is 237 Å². The van der Waals surface area contributed by atoms with Gasteiger partial charge in [-0.05, 0) is 15.4 Å². The lowest BCUT2D eigenvalue weighted by Gasteiger charge is -2.43. The Morgan fingerprint density at radius 2 is 1.67 bits per heavy atom. The van der Waals surface area contributed by atoms with Crippen LogP contribution in [0, 0.1) is 0 Å². The van der Waals surface area contributed by atoms with Crippen molar-refractivity contribution in [1.82, 2.24) is 19.5 Å². The standard InChI is InChI=1S/C28H32BrN5O4Si/c1-18(35)37-24-22(29)21(38-27(24)34-17-33-23-25(30)31-16-32-26(23)34)15-36-39(28(2,3)4,19-11-7-5-8-12-19)20-13-9-6-10-14-20/h5-14,16-17,21-22,24,27H,15H2,1-4H3,(H2,30,31,32)/t21-,22-,24-,27-/m1/s1. The van der Waals surface area contributed by atoms with Gasteiger partial charge in [-0.15, -0.1) is 0 Å². The van der Waals surface area contributed by atoms with Gasteiger partial charge in [-0.1, -0.05) is 97.4 Å². The molecule has 9 nitrogen and oxygen atoms in total. The Bertz CT molecular complexity index is 1410. The van der Waals surface area contributed by atoms with Crippen molar-refractivity contribution in [2.45, 2.75) is 56.0 Å². The third-order valence-electron chi connectivity index (χ3n) is 7.11. The second-order valence-electron chi connectivity index (χ2n) is 10.6. The summed E-state index contributed by atoms with van der Waals surface area (Å²) in [4.78, 5) is 24.5. The molecule has 0 radical (unpaired) electrons. The second kappa shape index (κ2) is 10.8. The highest BCUT2D eigenvalue weighted by atomic mass is 79.9. The van der Waals surface area contributed by atoms with Crippen molar-refractivity contribution in [2.24, 2.45) is 0 Å². The first-order valence-electron chi connectivity index (χ1n) is 12.8. The van der Waals surface area contributed by atoms with Gasteiger partial charge in [0.25, 0.3) is 8.32 Å². The molecule has 204 valence electrons. The number of carbonyl (C=O) groups is 1. The van der Waals surface area contributed by atoms with Crippen LogP contribution in [0.1, 0.15) is 33.9 Å². The maximum atomic E-state index is 12.1. The molecule has 0 aliphatic carbocycles. The fourth-order valence-electron chi connectivity index (χ4n) is 5.40. The molecule has 0 bridgehead atoms. The lowest BCUT2D eigenvalue weighted by molar-refractivity contribution is -0.152. The zero-order valence-electron chi connectivity index (χ0n) is 22.3. The van der Waals surface area contributed by atoms with E-state index in [0.29, 0.717) is 11.2 Å². The van der Waals surface area contributed by atoms with Crippen LogP contribution in [0.25, 0.3) is 11.2 Å². The summed E-state index contributed by atoms with van der Waals surface area (Å²) >= 11 is 3.78. The van der Waals surface area contributed by atoms with Crippen LogP contribution in [0.15, 0.2) is 73.3 Å². The Hall–Kier alpha value is -3.12. The molecule has 1 saturated heterocycles. The minimum absolute atomic E-state index is 0.195. The lowest BCUT2D eigenvalue weighted by Crippen LogP contribution is -2.67. The molecule has 1 aliphatic rings. The SMILES string of the molecule is CC(=O)O[C@@H]1[C@H](Br)[C@@H](CO[Si](c2ccccc2)(c2ccccc2)C(C)(C)C)O[C@H]1n1cnc2c(N)ncnc21. The van der Waals surface area contributed by atoms with E-state index in [0.717, 1.165) is 0 Å². The van der Waals surface area contributed by atoms with Crippen LogP contribution in [-0.4, -0.2) is 57.4 Å². The van der Waals surface area contributed by atoms with Gasteiger partial charge in [-0.3, -0.25) is 9.36 Å². The number of carbonyl (C=O) groups excluding carboxylic acids is 1. The number of rotatable bonds is 7. The number of imidazole rings is 1. The Kier molecular flexibility index (Phi) is 7.60. The predicted molar refractivity (Wildman–Crippen MR) is 155 cm³/mol. The number of hydrogen-bond acceptors (Lipinski definition) is 8. The fourth-order valence-corrected chi connectivity index (χ4v) is 10.6. The number of nitrogen functional groups attached to an aromatic ring is 1. The number of benzene rings is 2. The fraction of sp³-hybridized carbons (Fsp3) is 0.357. The number of hydrogen-bond donors (Lipinski definition) is 1. The van der Waals surface area contributed by atoms with Crippen molar-refractivity contribution >= 4 is 57.6 Å². The van der Waals surface area contributed by atoms with Gasteiger partial charge >= 0.3 is 5.97 Å². The first-order chi connectivity index (χ1) is 18.6. The molecule has 3 heterocycles. The number of ether oxygens (including phenoxy) is 2. The number of alkyl halides is 1. The van der Waals surface area contributed by atoms with Gasteiger partial charge in [-0.2, -0.15) is 0 Å². The molecular formula is C28H32BrN5O4Si. The van der Waals surface area contributed by atoms with E-state index in [4.69, 9.17) is 19.6 Å². The van der Waals surface area contributed by atoms with E-state index in [1.165, 1.54) is 23.6 Å². The Morgan fingerprint density at radius 1 is 1.05 bits per heavy atom. The van der Waals surface area contributed by atoms with Crippen LogP contribution in [0.2, 0.25) is 5.04 Å².